The van der Waals surface area contributed by atoms with Crippen molar-refractivity contribution >= 4 is 32.7 Å². The zero-order valence-corrected chi connectivity index (χ0v) is 16.0. The van der Waals surface area contributed by atoms with Crippen molar-refractivity contribution in [3.05, 3.63) is 96.6 Å². The van der Waals surface area contributed by atoms with Crippen LogP contribution >= 0.6 is 0 Å². The van der Waals surface area contributed by atoms with Gasteiger partial charge in [0.15, 0.2) is 0 Å². The number of fused-ring (bicyclic) bond motifs is 3. The van der Waals surface area contributed by atoms with E-state index in [9.17, 15) is 0 Å². The van der Waals surface area contributed by atoms with E-state index in [1.165, 1.54) is 5.56 Å². The first-order valence-corrected chi connectivity index (χ1v) is 9.77. The molecule has 0 spiro atoms. The third-order valence-electron chi connectivity index (χ3n) is 5.58. The Hall–Kier alpha value is -3.78. The van der Waals surface area contributed by atoms with Crippen molar-refractivity contribution < 1.29 is 8.83 Å². The largest absolute Gasteiger partial charge is 0.456 e. The lowest BCUT2D eigenvalue weighted by molar-refractivity contribution is 0.631. The second-order valence-corrected chi connectivity index (χ2v) is 7.53. The van der Waals surface area contributed by atoms with Gasteiger partial charge in [-0.25, -0.2) is 0 Å². The van der Waals surface area contributed by atoms with Gasteiger partial charge in [0, 0.05) is 21.9 Å². The van der Waals surface area contributed by atoms with E-state index in [0.717, 1.165) is 55.4 Å². The van der Waals surface area contributed by atoms with Gasteiger partial charge < -0.3 is 8.83 Å². The molecular formula is C27H18O2. The standard InChI is InChI=1S/C27H18O2/c1-17-7-5-6-10-23(17)27-16-22-12-20-13-25-21(11-19(20)14-26(22)29-27)15-24(28-25)18-8-3-2-4-9-18/h2-16H,1H3. The summed E-state index contributed by atoms with van der Waals surface area (Å²) in [6.45, 7) is 2.11. The minimum absolute atomic E-state index is 0.890. The molecule has 2 heteroatoms. The summed E-state index contributed by atoms with van der Waals surface area (Å²) in [5.41, 5.74) is 5.24. The van der Waals surface area contributed by atoms with Crippen molar-refractivity contribution in [2.45, 2.75) is 6.92 Å². The molecule has 0 bridgehead atoms. The molecule has 6 aromatic rings. The Bertz CT molecular complexity index is 1430. The van der Waals surface area contributed by atoms with E-state index < -0.39 is 0 Å². The van der Waals surface area contributed by atoms with Crippen LogP contribution in [0, 0.1) is 6.92 Å². The minimum atomic E-state index is 0.890. The van der Waals surface area contributed by atoms with E-state index in [4.69, 9.17) is 8.83 Å². The average Bonchev–Trinajstić information content (AvgIpc) is 3.34. The second kappa shape index (κ2) is 6.11. The van der Waals surface area contributed by atoms with Crippen LogP contribution in [0.2, 0.25) is 0 Å². The van der Waals surface area contributed by atoms with Crippen molar-refractivity contribution in [3.8, 4) is 22.6 Å². The van der Waals surface area contributed by atoms with E-state index in [1.54, 1.807) is 0 Å². The molecule has 0 radical (unpaired) electrons. The fourth-order valence-corrected chi connectivity index (χ4v) is 4.05. The predicted octanol–water partition coefficient (Wildman–Crippen LogP) is 7.97. The third kappa shape index (κ3) is 2.65. The Balaban J connectivity index is 1.52. The molecule has 0 N–H and O–H groups in total. The van der Waals surface area contributed by atoms with E-state index in [0.29, 0.717) is 0 Å². The summed E-state index contributed by atoms with van der Waals surface area (Å²) >= 11 is 0. The average molecular weight is 374 g/mol. The summed E-state index contributed by atoms with van der Waals surface area (Å²) < 4.78 is 12.3. The van der Waals surface area contributed by atoms with Gasteiger partial charge in [0.05, 0.1) is 0 Å². The molecule has 0 saturated heterocycles. The van der Waals surface area contributed by atoms with E-state index in [2.05, 4.69) is 73.7 Å². The minimum Gasteiger partial charge on any atom is -0.456 e. The molecule has 138 valence electrons. The molecule has 0 saturated carbocycles. The topological polar surface area (TPSA) is 26.3 Å². The van der Waals surface area contributed by atoms with Gasteiger partial charge in [-0.15, -0.1) is 0 Å². The quantitative estimate of drug-likeness (QED) is 0.307. The van der Waals surface area contributed by atoms with Crippen molar-refractivity contribution in [2.75, 3.05) is 0 Å². The summed E-state index contributed by atoms with van der Waals surface area (Å²) in [5.74, 6) is 1.80. The molecule has 29 heavy (non-hydrogen) atoms. The Morgan fingerprint density at radius 1 is 0.517 bits per heavy atom. The molecule has 6 rings (SSSR count). The number of hydrogen-bond donors (Lipinski definition) is 0. The highest BCUT2D eigenvalue weighted by Gasteiger charge is 2.12. The summed E-state index contributed by atoms with van der Waals surface area (Å²) in [7, 11) is 0. The Kier molecular flexibility index (Phi) is 3.41. The highest BCUT2D eigenvalue weighted by molar-refractivity contribution is 6.03. The lowest BCUT2D eigenvalue weighted by Crippen LogP contribution is -1.78. The van der Waals surface area contributed by atoms with Crippen molar-refractivity contribution in [1.29, 1.82) is 0 Å². The SMILES string of the molecule is Cc1ccccc1-c1cc2cc3cc4oc(-c5ccccc5)cc4cc3cc2o1. The Morgan fingerprint density at radius 2 is 1.10 bits per heavy atom. The number of hydrogen-bond acceptors (Lipinski definition) is 2. The molecule has 4 aromatic carbocycles. The van der Waals surface area contributed by atoms with Gasteiger partial charge in [-0.05, 0) is 59.7 Å². The smallest absolute Gasteiger partial charge is 0.135 e. The van der Waals surface area contributed by atoms with Gasteiger partial charge in [0.2, 0.25) is 0 Å². The van der Waals surface area contributed by atoms with Crippen LogP contribution in [-0.2, 0) is 0 Å². The van der Waals surface area contributed by atoms with Crippen LogP contribution in [-0.4, -0.2) is 0 Å². The van der Waals surface area contributed by atoms with Gasteiger partial charge in [0.25, 0.3) is 0 Å². The van der Waals surface area contributed by atoms with Crippen LogP contribution in [0.25, 0.3) is 55.4 Å². The van der Waals surface area contributed by atoms with Crippen molar-refractivity contribution in [3.63, 3.8) is 0 Å². The van der Waals surface area contributed by atoms with Gasteiger partial charge in [-0.2, -0.15) is 0 Å². The molecule has 0 unspecified atom stereocenters. The summed E-state index contributed by atoms with van der Waals surface area (Å²) in [6, 6.07) is 31.3. The van der Waals surface area contributed by atoms with E-state index in [-0.39, 0.29) is 0 Å². The maximum atomic E-state index is 6.21. The Labute approximate surface area is 168 Å². The number of furan rings is 2. The van der Waals surface area contributed by atoms with Crippen LogP contribution in [0.3, 0.4) is 0 Å². The normalized spacial score (nSPS) is 11.6. The van der Waals surface area contributed by atoms with Crippen LogP contribution in [0.4, 0.5) is 0 Å². The highest BCUT2D eigenvalue weighted by Crippen LogP contribution is 2.35. The fourth-order valence-electron chi connectivity index (χ4n) is 4.05. The zero-order valence-electron chi connectivity index (χ0n) is 16.0. The lowest BCUT2D eigenvalue weighted by Gasteiger charge is -2.00. The molecule has 2 nitrogen and oxygen atoms in total. The number of rotatable bonds is 2. The second-order valence-electron chi connectivity index (χ2n) is 7.53. The highest BCUT2D eigenvalue weighted by atomic mass is 16.3. The number of benzene rings is 4. The molecule has 2 aromatic heterocycles. The van der Waals surface area contributed by atoms with E-state index >= 15 is 0 Å². The van der Waals surface area contributed by atoms with Gasteiger partial charge >= 0.3 is 0 Å². The van der Waals surface area contributed by atoms with Crippen molar-refractivity contribution in [1.82, 2.24) is 0 Å². The Morgan fingerprint density at radius 3 is 1.79 bits per heavy atom. The summed E-state index contributed by atoms with van der Waals surface area (Å²) in [4.78, 5) is 0. The molecule has 0 fully saturated rings. The van der Waals surface area contributed by atoms with Gasteiger partial charge in [-0.3, -0.25) is 0 Å². The monoisotopic (exact) mass is 374 g/mol. The molecule has 0 aliphatic carbocycles. The zero-order chi connectivity index (χ0) is 19.4. The molecule has 0 atom stereocenters. The molecule has 2 heterocycles. The summed E-state index contributed by atoms with van der Waals surface area (Å²) in [5, 5.41) is 4.50. The first kappa shape index (κ1) is 16.2. The lowest BCUT2D eigenvalue weighted by atomic mass is 10.0. The predicted molar refractivity (Wildman–Crippen MR) is 119 cm³/mol. The summed E-state index contributed by atoms with van der Waals surface area (Å²) in [6.07, 6.45) is 0. The first-order chi connectivity index (χ1) is 14.2. The maximum absolute atomic E-state index is 6.21. The number of aryl methyl sites for hydroxylation is 1. The molecule has 0 aliphatic rings. The molecule has 0 amide bonds. The van der Waals surface area contributed by atoms with Gasteiger partial charge in [0.1, 0.15) is 22.7 Å². The van der Waals surface area contributed by atoms with Crippen molar-refractivity contribution in [2.24, 2.45) is 0 Å². The van der Waals surface area contributed by atoms with Crippen LogP contribution < -0.4 is 0 Å². The van der Waals surface area contributed by atoms with Crippen LogP contribution in [0.1, 0.15) is 5.56 Å². The molecular weight excluding hydrogens is 356 g/mol. The maximum Gasteiger partial charge on any atom is 0.135 e. The van der Waals surface area contributed by atoms with E-state index in [1.807, 2.05) is 24.3 Å². The third-order valence-corrected chi connectivity index (χ3v) is 5.58. The molecule has 0 aliphatic heterocycles. The van der Waals surface area contributed by atoms with Gasteiger partial charge in [-0.1, -0.05) is 54.6 Å². The van der Waals surface area contributed by atoms with Crippen LogP contribution in [0.15, 0.2) is 99.8 Å². The first-order valence-electron chi connectivity index (χ1n) is 9.77. The fraction of sp³-hybridized carbons (Fsp3) is 0.0370. The van der Waals surface area contributed by atoms with Crippen LogP contribution in [0.5, 0.6) is 0 Å².